The van der Waals surface area contributed by atoms with E-state index >= 15 is 0 Å². The second-order valence-corrected chi connectivity index (χ2v) is 2.47. The van der Waals surface area contributed by atoms with Crippen molar-refractivity contribution in [2.45, 2.75) is 17.8 Å². The van der Waals surface area contributed by atoms with Crippen molar-refractivity contribution in [3.05, 3.63) is 0 Å². The molecule has 6 N–H and O–H groups in total. The lowest BCUT2D eigenvalue weighted by atomic mass is 9.90. The van der Waals surface area contributed by atoms with Crippen LogP contribution in [0, 0.1) is 0 Å². The van der Waals surface area contributed by atoms with E-state index in [1.165, 1.54) is 0 Å². The van der Waals surface area contributed by atoms with Gasteiger partial charge < -0.3 is 31.0 Å². The van der Waals surface area contributed by atoms with Crippen LogP contribution in [0.1, 0.15) is 0 Å². The summed E-state index contributed by atoms with van der Waals surface area (Å²) in [4.78, 5) is 20.7. The molecule has 0 spiro atoms. The lowest BCUT2D eigenvalue weighted by Gasteiger charge is -2.30. The fraction of sp³-hybridized carbons (Fsp3) is 0.667. The van der Waals surface area contributed by atoms with E-state index in [2.05, 4.69) is 5.73 Å². The van der Waals surface area contributed by atoms with Crippen molar-refractivity contribution in [2.24, 2.45) is 5.73 Å². The minimum absolute atomic E-state index is 0.163. The van der Waals surface area contributed by atoms with E-state index in [-0.39, 0.29) is 6.29 Å². The molecule has 0 aromatic rings. The van der Waals surface area contributed by atoms with Crippen LogP contribution in [0.15, 0.2) is 0 Å². The zero-order valence-electron chi connectivity index (χ0n) is 6.62. The number of primary amides is 1. The average molecular weight is 193 g/mol. The molecular formula is C6H11NO6. The molecule has 0 saturated carbocycles. The summed E-state index contributed by atoms with van der Waals surface area (Å²) >= 11 is 0. The third-order valence-electron chi connectivity index (χ3n) is 1.66. The number of aliphatic hydroxyl groups excluding tert-OH is 3. The predicted molar refractivity (Wildman–Crippen MR) is 39.3 cm³/mol. The van der Waals surface area contributed by atoms with Gasteiger partial charge in [0.1, 0.15) is 12.2 Å². The van der Waals surface area contributed by atoms with Gasteiger partial charge in [-0.05, 0) is 0 Å². The molecule has 3 atom stereocenters. The van der Waals surface area contributed by atoms with Gasteiger partial charge in [0, 0.05) is 0 Å². The predicted octanol–water partition coefficient (Wildman–Crippen LogP) is -3.88. The molecule has 1 amide bonds. The second-order valence-electron chi connectivity index (χ2n) is 2.47. The van der Waals surface area contributed by atoms with E-state index in [0.29, 0.717) is 0 Å². The maximum absolute atomic E-state index is 10.6. The van der Waals surface area contributed by atoms with E-state index in [1.807, 2.05) is 0 Å². The lowest BCUT2D eigenvalue weighted by molar-refractivity contribution is -0.176. The minimum atomic E-state index is -2.85. The van der Waals surface area contributed by atoms with Crippen molar-refractivity contribution in [1.82, 2.24) is 0 Å². The van der Waals surface area contributed by atoms with Gasteiger partial charge in [-0.3, -0.25) is 4.79 Å². The SMILES string of the molecule is NC(=O)[C@@](O)([C@H](O)CO)[C@@H](O)C=O. The van der Waals surface area contributed by atoms with Crippen LogP contribution in [0.3, 0.4) is 0 Å². The maximum Gasteiger partial charge on any atom is 0.255 e. The third kappa shape index (κ3) is 2.01. The lowest BCUT2D eigenvalue weighted by Crippen LogP contribution is -2.62. The Balaban J connectivity index is 4.93. The first-order valence-electron chi connectivity index (χ1n) is 3.35. The normalized spacial score (nSPS) is 20.0. The van der Waals surface area contributed by atoms with E-state index in [0.717, 1.165) is 0 Å². The monoisotopic (exact) mass is 193 g/mol. The van der Waals surface area contributed by atoms with Gasteiger partial charge in [0.15, 0.2) is 6.29 Å². The van der Waals surface area contributed by atoms with Crippen molar-refractivity contribution >= 4 is 12.2 Å². The Labute approximate surface area is 73.4 Å². The van der Waals surface area contributed by atoms with Crippen LogP contribution < -0.4 is 5.73 Å². The first-order valence-corrected chi connectivity index (χ1v) is 3.35. The standard InChI is InChI=1S/C6H11NO6/c7-5(12)6(13,3(10)1-8)4(11)2-9/h1,3-4,9-11,13H,2H2,(H2,7,12)/t3-,4+,6-/m0/s1. The number of rotatable bonds is 5. The minimum Gasteiger partial charge on any atom is -0.394 e. The van der Waals surface area contributed by atoms with E-state index in [1.54, 1.807) is 0 Å². The molecule has 0 saturated heterocycles. The van der Waals surface area contributed by atoms with Crippen LogP contribution in [0.25, 0.3) is 0 Å². The number of hydrogen-bond donors (Lipinski definition) is 5. The molecule has 0 unspecified atom stereocenters. The Kier molecular flexibility index (Phi) is 3.95. The quantitative estimate of drug-likeness (QED) is 0.283. The molecule has 0 bridgehead atoms. The molecule has 0 aliphatic carbocycles. The van der Waals surface area contributed by atoms with Gasteiger partial charge >= 0.3 is 0 Å². The zero-order chi connectivity index (χ0) is 10.6. The number of nitrogens with two attached hydrogens (primary N) is 1. The smallest absolute Gasteiger partial charge is 0.255 e. The van der Waals surface area contributed by atoms with Crippen LogP contribution in [0.4, 0.5) is 0 Å². The molecule has 0 heterocycles. The highest BCUT2D eigenvalue weighted by Crippen LogP contribution is 2.14. The van der Waals surface area contributed by atoms with Gasteiger partial charge in [-0.1, -0.05) is 0 Å². The topological polar surface area (TPSA) is 141 Å². The summed E-state index contributed by atoms with van der Waals surface area (Å²) in [7, 11) is 0. The van der Waals surface area contributed by atoms with Crippen LogP contribution in [0.2, 0.25) is 0 Å². The average Bonchev–Trinajstić information content (AvgIpc) is 2.13. The van der Waals surface area contributed by atoms with Crippen LogP contribution in [-0.2, 0) is 9.59 Å². The van der Waals surface area contributed by atoms with Gasteiger partial charge in [-0.15, -0.1) is 0 Å². The first kappa shape index (κ1) is 12.0. The van der Waals surface area contributed by atoms with Gasteiger partial charge in [-0.2, -0.15) is 0 Å². The Morgan fingerprint density at radius 2 is 2.00 bits per heavy atom. The summed E-state index contributed by atoms with van der Waals surface area (Å²) in [5, 5.41) is 35.5. The van der Waals surface area contributed by atoms with Crippen molar-refractivity contribution in [1.29, 1.82) is 0 Å². The molecule has 0 aromatic heterocycles. The number of carbonyl (C=O) groups excluding carboxylic acids is 2. The maximum atomic E-state index is 10.6. The number of aldehydes is 1. The van der Waals surface area contributed by atoms with Gasteiger partial charge in [-0.25, -0.2) is 0 Å². The van der Waals surface area contributed by atoms with E-state index < -0.39 is 30.3 Å². The first-order chi connectivity index (χ1) is 5.91. The summed E-state index contributed by atoms with van der Waals surface area (Å²) < 4.78 is 0. The molecule has 0 aliphatic heterocycles. The summed E-state index contributed by atoms with van der Waals surface area (Å²) in [5.74, 6) is -1.49. The van der Waals surface area contributed by atoms with E-state index in [9.17, 15) is 14.7 Å². The fourth-order valence-electron chi connectivity index (χ4n) is 0.750. The Hall–Kier alpha value is -1.02. The number of aliphatic hydroxyl groups is 4. The molecule has 13 heavy (non-hydrogen) atoms. The highest BCUT2D eigenvalue weighted by Gasteiger charge is 2.48. The summed E-state index contributed by atoms with van der Waals surface area (Å²) in [5.41, 5.74) is 1.79. The second kappa shape index (κ2) is 4.28. The molecule has 0 aliphatic rings. The number of carbonyl (C=O) groups is 2. The summed E-state index contributed by atoms with van der Waals surface area (Å²) in [6, 6.07) is 0. The largest absolute Gasteiger partial charge is 0.394 e. The molecule has 7 nitrogen and oxygen atoms in total. The Morgan fingerprint density at radius 3 is 2.23 bits per heavy atom. The Bertz CT molecular complexity index is 207. The van der Waals surface area contributed by atoms with Gasteiger partial charge in [0.25, 0.3) is 5.91 Å². The van der Waals surface area contributed by atoms with Crippen LogP contribution >= 0.6 is 0 Å². The molecule has 0 rings (SSSR count). The molecule has 0 aromatic carbocycles. The molecule has 0 fully saturated rings. The highest BCUT2D eigenvalue weighted by molar-refractivity contribution is 5.88. The number of hydrogen-bond acceptors (Lipinski definition) is 6. The molecule has 76 valence electrons. The van der Waals surface area contributed by atoms with Crippen LogP contribution in [0.5, 0.6) is 0 Å². The van der Waals surface area contributed by atoms with Gasteiger partial charge in [0.05, 0.1) is 6.61 Å². The van der Waals surface area contributed by atoms with Crippen LogP contribution in [-0.4, -0.2) is 57.0 Å². The zero-order valence-corrected chi connectivity index (χ0v) is 6.62. The van der Waals surface area contributed by atoms with Gasteiger partial charge in [0.2, 0.25) is 5.60 Å². The van der Waals surface area contributed by atoms with E-state index in [4.69, 9.17) is 15.3 Å². The van der Waals surface area contributed by atoms with Crippen molar-refractivity contribution in [3.8, 4) is 0 Å². The Morgan fingerprint density at radius 1 is 1.54 bits per heavy atom. The summed E-state index contributed by atoms with van der Waals surface area (Å²) in [6.07, 6.45) is -4.35. The van der Waals surface area contributed by atoms with Crippen molar-refractivity contribution in [2.75, 3.05) is 6.61 Å². The van der Waals surface area contributed by atoms with Crippen molar-refractivity contribution < 1.29 is 30.0 Å². The number of amides is 1. The molecule has 7 heteroatoms. The molecule has 0 radical (unpaired) electrons. The molecular weight excluding hydrogens is 182 g/mol. The van der Waals surface area contributed by atoms with Crippen molar-refractivity contribution in [3.63, 3.8) is 0 Å². The summed E-state index contributed by atoms with van der Waals surface area (Å²) in [6.45, 7) is -1.01. The fourth-order valence-corrected chi connectivity index (χ4v) is 0.750. The third-order valence-corrected chi connectivity index (χ3v) is 1.66. The highest BCUT2D eigenvalue weighted by atomic mass is 16.4.